The van der Waals surface area contributed by atoms with E-state index in [1.165, 1.54) is 0 Å². The lowest BCUT2D eigenvalue weighted by Gasteiger charge is -2.28. The Morgan fingerprint density at radius 1 is 1.03 bits per heavy atom. The van der Waals surface area contributed by atoms with E-state index in [1.54, 1.807) is 21.0 Å². The van der Waals surface area contributed by atoms with E-state index in [4.69, 9.17) is 9.47 Å². The average molecular weight is 509 g/mol. The Bertz CT molecular complexity index is 1220. The number of fused-ring (bicyclic) bond motifs is 1. The molecule has 0 aliphatic heterocycles. The molecule has 2 aromatic carbocycles. The molecule has 1 atom stereocenters. The second-order valence-corrected chi connectivity index (χ2v) is 9.16. The molecule has 0 bridgehead atoms. The quantitative estimate of drug-likeness (QED) is 0.230. The van der Waals surface area contributed by atoms with E-state index < -0.39 is 17.5 Å². The third-order valence-corrected chi connectivity index (χ3v) is 6.34. The molecule has 198 valence electrons. The maximum Gasteiger partial charge on any atom is 0.334 e. The summed E-state index contributed by atoms with van der Waals surface area (Å²) in [7, 11) is 1.61. The zero-order valence-electron chi connectivity index (χ0n) is 21.9. The molecule has 9 nitrogen and oxygen atoms in total. The molecule has 0 aliphatic rings. The first-order valence-electron chi connectivity index (χ1n) is 12.5. The number of urea groups is 1. The number of hydrazine groups is 1. The van der Waals surface area contributed by atoms with Gasteiger partial charge in [0, 0.05) is 23.0 Å². The Hall–Kier alpha value is -4.01. The summed E-state index contributed by atoms with van der Waals surface area (Å²) in [6, 6.07) is 15.0. The van der Waals surface area contributed by atoms with Gasteiger partial charge in [0.15, 0.2) is 0 Å². The number of ether oxygens (including phenoxy) is 2. The van der Waals surface area contributed by atoms with Gasteiger partial charge < -0.3 is 19.8 Å². The lowest BCUT2D eigenvalue weighted by Crippen LogP contribution is -2.58. The van der Waals surface area contributed by atoms with Gasteiger partial charge in [-0.25, -0.2) is 15.0 Å². The Labute approximate surface area is 217 Å². The third-order valence-electron chi connectivity index (χ3n) is 6.34. The number of methoxy groups -OCH3 is 1. The molecule has 3 rings (SSSR count). The van der Waals surface area contributed by atoms with E-state index in [-0.39, 0.29) is 18.9 Å². The predicted octanol–water partition coefficient (Wildman–Crippen LogP) is 4.09. The van der Waals surface area contributed by atoms with Crippen LogP contribution in [0, 0.1) is 6.92 Å². The van der Waals surface area contributed by atoms with Gasteiger partial charge in [0.05, 0.1) is 13.7 Å². The molecule has 0 aliphatic carbocycles. The smallest absolute Gasteiger partial charge is 0.334 e. The molecule has 1 heterocycles. The predicted molar refractivity (Wildman–Crippen MR) is 142 cm³/mol. The van der Waals surface area contributed by atoms with E-state index in [1.807, 2.05) is 55.5 Å². The zero-order chi connectivity index (χ0) is 26.8. The normalized spacial score (nSPS) is 12.4. The van der Waals surface area contributed by atoms with Crippen LogP contribution in [0.25, 0.3) is 10.9 Å². The van der Waals surface area contributed by atoms with Crippen LogP contribution in [0.3, 0.4) is 0 Å². The van der Waals surface area contributed by atoms with Crippen LogP contribution in [0.15, 0.2) is 48.5 Å². The first kappa shape index (κ1) is 27.6. The van der Waals surface area contributed by atoms with Gasteiger partial charge in [0.25, 0.3) is 0 Å². The van der Waals surface area contributed by atoms with E-state index in [0.717, 1.165) is 39.9 Å². The highest BCUT2D eigenvalue weighted by atomic mass is 16.5. The molecule has 37 heavy (non-hydrogen) atoms. The summed E-state index contributed by atoms with van der Waals surface area (Å²) in [5, 5.41) is 3.67. The van der Waals surface area contributed by atoms with Gasteiger partial charge in [0.1, 0.15) is 11.3 Å². The SMILES string of the molecule is CCOC(=O)C(C)(CCCc1ccccc1)NC(=O)NNC(=O)CCc1c(C)[nH]c2ccc(OC)cc12. The van der Waals surface area contributed by atoms with Crippen molar-refractivity contribution in [2.75, 3.05) is 13.7 Å². The van der Waals surface area contributed by atoms with Crippen molar-refractivity contribution < 1.29 is 23.9 Å². The number of H-pyrrole nitrogens is 1. The summed E-state index contributed by atoms with van der Waals surface area (Å²) < 4.78 is 10.5. The number of hydrogen-bond donors (Lipinski definition) is 4. The molecule has 1 unspecified atom stereocenters. The number of amides is 3. The van der Waals surface area contributed by atoms with Gasteiger partial charge in [-0.05, 0) is 75.8 Å². The highest BCUT2D eigenvalue weighted by Gasteiger charge is 2.36. The monoisotopic (exact) mass is 508 g/mol. The maximum absolute atomic E-state index is 12.6. The summed E-state index contributed by atoms with van der Waals surface area (Å²) in [5.74, 6) is -0.132. The number of carbonyl (C=O) groups is 3. The van der Waals surface area contributed by atoms with Crippen molar-refractivity contribution in [3.63, 3.8) is 0 Å². The molecule has 1 aromatic heterocycles. The summed E-state index contributed by atoms with van der Waals surface area (Å²) in [5.41, 5.74) is 7.65. The van der Waals surface area contributed by atoms with Gasteiger partial charge in [-0.2, -0.15) is 0 Å². The molecule has 0 spiro atoms. The van der Waals surface area contributed by atoms with Crippen LogP contribution >= 0.6 is 0 Å². The number of benzene rings is 2. The highest BCUT2D eigenvalue weighted by molar-refractivity contribution is 5.89. The van der Waals surface area contributed by atoms with Gasteiger partial charge >= 0.3 is 12.0 Å². The zero-order valence-corrected chi connectivity index (χ0v) is 21.9. The minimum absolute atomic E-state index is 0.164. The van der Waals surface area contributed by atoms with E-state index in [2.05, 4.69) is 21.2 Å². The Balaban J connectivity index is 1.53. The first-order valence-corrected chi connectivity index (χ1v) is 12.5. The molecule has 9 heteroatoms. The van der Waals surface area contributed by atoms with Gasteiger partial charge in [0.2, 0.25) is 5.91 Å². The number of esters is 1. The first-order chi connectivity index (χ1) is 17.8. The van der Waals surface area contributed by atoms with E-state index in [9.17, 15) is 14.4 Å². The van der Waals surface area contributed by atoms with Crippen molar-refractivity contribution in [1.82, 2.24) is 21.2 Å². The van der Waals surface area contributed by atoms with E-state index in [0.29, 0.717) is 19.3 Å². The van der Waals surface area contributed by atoms with Gasteiger partial charge in [-0.1, -0.05) is 30.3 Å². The third kappa shape index (κ3) is 7.49. The summed E-state index contributed by atoms with van der Waals surface area (Å²) in [6.07, 6.45) is 2.45. The fourth-order valence-electron chi connectivity index (χ4n) is 4.32. The fraction of sp³-hybridized carbons (Fsp3) is 0.393. The van der Waals surface area contributed by atoms with Crippen molar-refractivity contribution in [2.45, 2.75) is 58.4 Å². The topological polar surface area (TPSA) is 122 Å². The Morgan fingerprint density at radius 2 is 1.78 bits per heavy atom. The molecule has 0 radical (unpaired) electrons. The highest BCUT2D eigenvalue weighted by Crippen LogP contribution is 2.27. The van der Waals surface area contributed by atoms with Crippen LogP contribution < -0.4 is 20.9 Å². The Morgan fingerprint density at radius 3 is 2.49 bits per heavy atom. The number of aromatic nitrogens is 1. The summed E-state index contributed by atoms with van der Waals surface area (Å²) in [4.78, 5) is 41.0. The van der Waals surface area contributed by atoms with Crippen LogP contribution in [-0.4, -0.2) is 42.1 Å². The van der Waals surface area contributed by atoms with Gasteiger partial charge in [-0.3, -0.25) is 10.2 Å². The number of carbonyl (C=O) groups excluding carboxylic acids is 3. The van der Waals surface area contributed by atoms with Crippen LogP contribution in [0.4, 0.5) is 4.79 Å². The molecule has 0 fully saturated rings. The lowest BCUT2D eigenvalue weighted by atomic mass is 9.93. The van der Waals surface area contributed by atoms with Crippen molar-refractivity contribution in [1.29, 1.82) is 0 Å². The van der Waals surface area contributed by atoms with Gasteiger partial charge in [-0.15, -0.1) is 0 Å². The molecular formula is C28H36N4O5. The number of hydrogen-bond acceptors (Lipinski definition) is 5. The number of rotatable bonds is 11. The van der Waals surface area contributed by atoms with Crippen molar-refractivity contribution >= 4 is 28.8 Å². The molecule has 3 aromatic rings. The number of aromatic amines is 1. The molecule has 3 amide bonds. The maximum atomic E-state index is 12.6. The molecular weight excluding hydrogens is 472 g/mol. The lowest BCUT2D eigenvalue weighted by molar-refractivity contribution is -0.150. The summed E-state index contributed by atoms with van der Waals surface area (Å²) >= 11 is 0. The summed E-state index contributed by atoms with van der Waals surface area (Å²) in [6.45, 7) is 5.51. The Kier molecular flexibility index (Phi) is 9.54. The van der Waals surface area contributed by atoms with Crippen LogP contribution in [0.2, 0.25) is 0 Å². The van der Waals surface area contributed by atoms with Crippen LogP contribution in [0.1, 0.15) is 49.9 Å². The molecule has 4 N–H and O–H groups in total. The second kappa shape index (κ2) is 12.8. The van der Waals surface area contributed by atoms with E-state index >= 15 is 0 Å². The van der Waals surface area contributed by atoms with Crippen molar-refractivity contribution in [3.05, 3.63) is 65.4 Å². The average Bonchev–Trinajstić information content (AvgIpc) is 3.20. The number of nitrogens with one attached hydrogen (secondary N) is 4. The fourth-order valence-corrected chi connectivity index (χ4v) is 4.32. The minimum atomic E-state index is -1.24. The van der Waals surface area contributed by atoms with Crippen LogP contribution in [0.5, 0.6) is 5.75 Å². The standard InChI is InChI=1S/C28H36N4O5/c1-5-37-26(34)28(3,17-9-12-20-10-7-6-8-11-20)30-27(35)32-31-25(33)16-14-22-19(2)29-24-15-13-21(36-4)18-23(22)24/h6-8,10-11,13,15,18,29H,5,9,12,14,16-17H2,1-4H3,(H,31,33)(H2,30,32,35). The minimum Gasteiger partial charge on any atom is -0.497 e. The van der Waals surface area contributed by atoms with Crippen molar-refractivity contribution in [3.8, 4) is 5.75 Å². The largest absolute Gasteiger partial charge is 0.497 e. The molecule has 0 saturated heterocycles. The van der Waals surface area contributed by atoms with Crippen LogP contribution in [-0.2, 0) is 27.2 Å². The van der Waals surface area contributed by atoms with Crippen molar-refractivity contribution in [2.24, 2.45) is 0 Å². The number of aryl methyl sites for hydroxylation is 3. The molecule has 0 saturated carbocycles. The second-order valence-electron chi connectivity index (χ2n) is 9.16.